The second kappa shape index (κ2) is 6.49. The van der Waals surface area contributed by atoms with Gasteiger partial charge in [0, 0.05) is 11.8 Å². The molecule has 0 atom stereocenters. The lowest BCUT2D eigenvalue weighted by Gasteiger charge is -2.08. The molecule has 0 heterocycles. The van der Waals surface area contributed by atoms with Crippen LogP contribution < -0.4 is 15.2 Å². The van der Waals surface area contributed by atoms with Crippen LogP contribution in [-0.4, -0.2) is 27.9 Å². The summed E-state index contributed by atoms with van der Waals surface area (Å²) in [4.78, 5) is 0.242. The highest BCUT2D eigenvalue weighted by atomic mass is 32.2. The summed E-state index contributed by atoms with van der Waals surface area (Å²) in [6.45, 7) is 0.0693. The van der Waals surface area contributed by atoms with Crippen LogP contribution in [0.25, 0.3) is 0 Å². The minimum absolute atomic E-state index is 0.0693. The maximum atomic E-state index is 12.1. The van der Waals surface area contributed by atoms with Gasteiger partial charge in [0.2, 0.25) is 0 Å². The van der Waals surface area contributed by atoms with Crippen LogP contribution in [0, 0.1) is 0 Å². The van der Waals surface area contributed by atoms with E-state index in [9.17, 15) is 8.42 Å². The number of anilines is 1. The van der Waals surface area contributed by atoms with Gasteiger partial charge in [-0.1, -0.05) is 6.07 Å². The molecule has 0 bridgehead atoms. The van der Waals surface area contributed by atoms with Gasteiger partial charge < -0.3 is 15.2 Å². The van der Waals surface area contributed by atoms with Crippen LogP contribution in [0.1, 0.15) is 0 Å². The zero-order valence-corrected chi connectivity index (χ0v) is 12.5. The van der Waals surface area contributed by atoms with Crippen LogP contribution in [0.3, 0.4) is 0 Å². The number of hydrogen-bond acceptors (Lipinski definition) is 5. The molecule has 0 saturated heterocycles. The summed E-state index contributed by atoms with van der Waals surface area (Å²) in [6.07, 6.45) is 0. The quantitative estimate of drug-likeness (QED) is 0.827. The first kappa shape index (κ1) is 15.2. The Morgan fingerprint density at radius 2 is 1.71 bits per heavy atom. The van der Waals surface area contributed by atoms with Gasteiger partial charge in [-0.25, -0.2) is 8.42 Å². The summed E-state index contributed by atoms with van der Waals surface area (Å²) in [6, 6.07) is 13.1. The van der Waals surface area contributed by atoms with Crippen molar-refractivity contribution in [1.82, 2.24) is 0 Å². The predicted octanol–water partition coefficient (Wildman–Crippen LogP) is 2.13. The molecule has 0 aliphatic rings. The Morgan fingerprint density at radius 3 is 2.38 bits per heavy atom. The number of ether oxygens (including phenoxy) is 2. The molecule has 0 aromatic heterocycles. The van der Waals surface area contributed by atoms with Crippen LogP contribution in [-0.2, 0) is 9.84 Å². The predicted molar refractivity (Wildman–Crippen MR) is 81.4 cm³/mol. The van der Waals surface area contributed by atoms with E-state index >= 15 is 0 Å². The van der Waals surface area contributed by atoms with Crippen LogP contribution in [0.4, 0.5) is 5.69 Å². The van der Waals surface area contributed by atoms with Crippen molar-refractivity contribution in [2.75, 3.05) is 25.2 Å². The fraction of sp³-hybridized carbons (Fsp3) is 0.200. The van der Waals surface area contributed by atoms with Gasteiger partial charge in [-0.05, 0) is 36.4 Å². The minimum Gasteiger partial charge on any atom is -0.497 e. The third kappa shape index (κ3) is 4.13. The van der Waals surface area contributed by atoms with Gasteiger partial charge >= 0.3 is 0 Å². The van der Waals surface area contributed by atoms with E-state index in [1.54, 1.807) is 43.5 Å². The molecule has 0 radical (unpaired) electrons. The molecule has 21 heavy (non-hydrogen) atoms. The molecule has 0 aliphatic heterocycles. The second-order valence-electron chi connectivity index (χ2n) is 4.42. The van der Waals surface area contributed by atoms with Crippen molar-refractivity contribution in [2.45, 2.75) is 4.90 Å². The van der Waals surface area contributed by atoms with E-state index in [-0.39, 0.29) is 17.3 Å². The molecule has 5 nitrogen and oxygen atoms in total. The number of hydrogen-bond donors (Lipinski definition) is 1. The first-order chi connectivity index (χ1) is 10.0. The van der Waals surface area contributed by atoms with Crippen molar-refractivity contribution in [3.8, 4) is 11.5 Å². The first-order valence-electron chi connectivity index (χ1n) is 6.36. The molecule has 0 fully saturated rings. The monoisotopic (exact) mass is 307 g/mol. The van der Waals surface area contributed by atoms with Crippen molar-refractivity contribution in [2.24, 2.45) is 0 Å². The first-order valence-corrected chi connectivity index (χ1v) is 8.01. The SMILES string of the molecule is COc1cccc(OCCS(=O)(=O)c2ccc(N)cc2)c1. The number of rotatable bonds is 6. The van der Waals surface area contributed by atoms with Crippen LogP contribution in [0.2, 0.25) is 0 Å². The molecule has 6 heteroatoms. The molecule has 0 amide bonds. The highest BCUT2D eigenvalue weighted by molar-refractivity contribution is 7.91. The molecule has 2 aromatic carbocycles. The van der Waals surface area contributed by atoms with E-state index in [1.165, 1.54) is 12.1 Å². The average molecular weight is 307 g/mol. The van der Waals surface area contributed by atoms with Crippen molar-refractivity contribution in [1.29, 1.82) is 0 Å². The van der Waals surface area contributed by atoms with E-state index in [4.69, 9.17) is 15.2 Å². The van der Waals surface area contributed by atoms with Gasteiger partial charge in [-0.15, -0.1) is 0 Å². The average Bonchev–Trinajstić information content (AvgIpc) is 2.48. The zero-order valence-electron chi connectivity index (χ0n) is 11.7. The van der Waals surface area contributed by atoms with Gasteiger partial charge in [-0.2, -0.15) is 0 Å². The summed E-state index contributed by atoms with van der Waals surface area (Å²) in [5.41, 5.74) is 6.07. The summed E-state index contributed by atoms with van der Waals surface area (Å²) < 4.78 is 34.7. The molecule has 2 N–H and O–H groups in total. The fourth-order valence-electron chi connectivity index (χ4n) is 1.75. The molecular weight excluding hydrogens is 290 g/mol. The third-order valence-corrected chi connectivity index (χ3v) is 4.60. The van der Waals surface area contributed by atoms with E-state index in [0.29, 0.717) is 17.2 Å². The standard InChI is InChI=1S/C15H17NO4S/c1-19-13-3-2-4-14(11-13)20-9-10-21(17,18)15-7-5-12(16)6-8-15/h2-8,11H,9-10,16H2,1H3. The molecule has 0 saturated carbocycles. The van der Waals surface area contributed by atoms with Crippen LogP contribution in [0.15, 0.2) is 53.4 Å². The van der Waals surface area contributed by atoms with Crippen LogP contribution >= 0.6 is 0 Å². The van der Waals surface area contributed by atoms with Crippen molar-refractivity contribution >= 4 is 15.5 Å². The van der Waals surface area contributed by atoms with Crippen LogP contribution in [0.5, 0.6) is 11.5 Å². The highest BCUT2D eigenvalue weighted by Gasteiger charge is 2.14. The van der Waals surface area contributed by atoms with E-state index < -0.39 is 9.84 Å². The fourth-order valence-corrected chi connectivity index (χ4v) is 2.84. The maximum absolute atomic E-state index is 12.1. The maximum Gasteiger partial charge on any atom is 0.181 e. The molecule has 2 aromatic rings. The van der Waals surface area contributed by atoms with Crippen molar-refractivity contribution < 1.29 is 17.9 Å². The smallest absolute Gasteiger partial charge is 0.181 e. The van der Waals surface area contributed by atoms with Gasteiger partial charge in [0.05, 0.1) is 17.8 Å². The molecule has 0 aliphatic carbocycles. The Hall–Kier alpha value is -2.21. The molecule has 2 rings (SSSR count). The van der Waals surface area contributed by atoms with Gasteiger partial charge in [0.15, 0.2) is 9.84 Å². The number of sulfone groups is 1. The number of nitrogen functional groups attached to an aromatic ring is 1. The van der Waals surface area contributed by atoms with Gasteiger partial charge in [0.25, 0.3) is 0 Å². The summed E-state index contributed by atoms with van der Waals surface area (Å²) >= 11 is 0. The lowest BCUT2D eigenvalue weighted by atomic mass is 10.3. The number of benzene rings is 2. The minimum atomic E-state index is -3.37. The topological polar surface area (TPSA) is 78.6 Å². The van der Waals surface area contributed by atoms with Gasteiger partial charge in [0.1, 0.15) is 18.1 Å². The Labute approximate surface area is 124 Å². The van der Waals surface area contributed by atoms with Crippen molar-refractivity contribution in [3.05, 3.63) is 48.5 Å². The molecular formula is C15H17NO4S. The molecule has 0 unspecified atom stereocenters. The van der Waals surface area contributed by atoms with Crippen molar-refractivity contribution in [3.63, 3.8) is 0 Å². The lowest BCUT2D eigenvalue weighted by molar-refractivity contribution is 0.337. The summed E-state index contributed by atoms with van der Waals surface area (Å²) in [7, 11) is -1.81. The Morgan fingerprint density at radius 1 is 1.05 bits per heavy atom. The largest absolute Gasteiger partial charge is 0.497 e. The molecule has 0 spiro atoms. The Balaban J connectivity index is 1.97. The summed E-state index contributed by atoms with van der Waals surface area (Å²) in [5, 5.41) is 0. The lowest BCUT2D eigenvalue weighted by Crippen LogP contribution is -2.14. The van der Waals surface area contributed by atoms with E-state index in [0.717, 1.165) is 0 Å². The Bertz CT molecular complexity index is 696. The third-order valence-electron chi connectivity index (χ3n) is 2.90. The normalized spacial score (nSPS) is 11.1. The van der Waals surface area contributed by atoms with Gasteiger partial charge in [-0.3, -0.25) is 0 Å². The second-order valence-corrected chi connectivity index (χ2v) is 6.52. The number of nitrogens with two attached hydrogens (primary N) is 1. The van der Waals surface area contributed by atoms with E-state index in [1.807, 2.05) is 0 Å². The van der Waals surface area contributed by atoms with E-state index in [2.05, 4.69) is 0 Å². The number of methoxy groups -OCH3 is 1. The molecule has 112 valence electrons. The highest BCUT2D eigenvalue weighted by Crippen LogP contribution is 2.19. The summed E-state index contributed by atoms with van der Waals surface area (Å²) in [5.74, 6) is 1.13. The Kier molecular flexibility index (Phi) is 4.70. The zero-order chi connectivity index (χ0) is 15.3.